The van der Waals surface area contributed by atoms with E-state index in [1.807, 2.05) is 0 Å². The number of ether oxygens (including phenoxy) is 1. The Morgan fingerprint density at radius 3 is 2.48 bits per heavy atom. The predicted molar refractivity (Wildman–Crippen MR) is 89.4 cm³/mol. The highest BCUT2D eigenvalue weighted by molar-refractivity contribution is 6.30. The molecule has 128 valence electrons. The summed E-state index contributed by atoms with van der Waals surface area (Å²) in [5.41, 5.74) is 1.51. The second kappa shape index (κ2) is 6.31. The van der Waals surface area contributed by atoms with Crippen molar-refractivity contribution in [3.05, 3.63) is 42.1 Å². The number of carbonyl (C=O) groups is 3. The molecular formula is C17H17N4O4+. The maximum Gasteiger partial charge on any atom is 0.417 e. The molecule has 0 saturated carbocycles. The van der Waals surface area contributed by atoms with Crippen LogP contribution in [0.3, 0.4) is 0 Å². The SMILES string of the molecule is COC(=O)c1ccc(N=C2C=C[NH+]=C3C2C(=O)N(C)C(=O)N3C)cc1. The summed E-state index contributed by atoms with van der Waals surface area (Å²) in [6.45, 7) is 0. The maximum absolute atomic E-state index is 12.5. The van der Waals surface area contributed by atoms with Crippen molar-refractivity contribution in [1.29, 1.82) is 0 Å². The van der Waals surface area contributed by atoms with Crippen LogP contribution in [-0.4, -0.2) is 60.5 Å². The van der Waals surface area contributed by atoms with Crippen LogP contribution in [0.1, 0.15) is 10.4 Å². The average molecular weight is 341 g/mol. The first kappa shape index (κ1) is 16.6. The number of esters is 1. The van der Waals surface area contributed by atoms with E-state index in [1.165, 1.54) is 19.1 Å². The molecule has 1 unspecified atom stereocenters. The average Bonchev–Trinajstić information content (AvgIpc) is 2.64. The van der Waals surface area contributed by atoms with Crippen molar-refractivity contribution in [3.8, 4) is 0 Å². The standard InChI is InChI=1S/C17H16N4O4/c1-20-14-13(15(22)21(2)17(20)24)12(8-9-18-14)19-11-6-4-10(5-7-11)16(23)25-3/h4-9,13H,1-3H3/p+1. The minimum absolute atomic E-state index is 0.347. The number of carbonyl (C=O) groups excluding carboxylic acids is 3. The van der Waals surface area contributed by atoms with E-state index in [2.05, 4.69) is 14.7 Å². The number of imide groups is 1. The first-order valence-electron chi connectivity index (χ1n) is 7.56. The Morgan fingerprint density at radius 1 is 1.16 bits per heavy atom. The molecule has 3 amide bonds. The highest BCUT2D eigenvalue weighted by atomic mass is 16.5. The topological polar surface area (TPSA) is 93.2 Å². The highest BCUT2D eigenvalue weighted by Gasteiger charge is 2.49. The van der Waals surface area contributed by atoms with Gasteiger partial charge in [-0.05, 0) is 24.3 Å². The Bertz CT molecular complexity index is 839. The fourth-order valence-electron chi connectivity index (χ4n) is 2.72. The van der Waals surface area contributed by atoms with Gasteiger partial charge in [0.15, 0.2) is 5.92 Å². The Labute approximate surface area is 144 Å². The summed E-state index contributed by atoms with van der Waals surface area (Å²) in [4.78, 5) is 46.0. The third-order valence-corrected chi connectivity index (χ3v) is 4.11. The second-order valence-electron chi connectivity index (χ2n) is 5.61. The summed E-state index contributed by atoms with van der Waals surface area (Å²) < 4.78 is 4.66. The van der Waals surface area contributed by atoms with Gasteiger partial charge in [0, 0.05) is 13.1 Å². The van der Waals surface area contributed by atoms with E-state index >= 15 is 0 Å². The number of fused-ring (bicyclic) bond motifs is 1. The number of nitrogens with zero attached hydrogens (tertiary/aromatic N) is 3. The number of rotatable bonds is 2. The summed E-state index contributed by atoms with van der Waals surface area (Å²) in [7, 11) is 4.36. The van der Waals surface area contributed by atoms with Gasteiger partial charge in [0.25, 0.3) is 11.7 Å². The molecule has 1 N–H and O–H groups in total. The Balaban J connectivity index is 1.95. The van der Waals surface area contributed by atoms with Gasteiger partial charge in [-0.15, -0.1) is 0 Å². The first-order valence-corrected chi connectivity index (χ1v) is 7.56. The van der Waals surface area contributed by atoms with E-state index in [0.29, 0.717) is 22.8 Å². The summed E-state index contributed by atoms with van der Waals surface area (Å²) in [5.74, 6) is -0.987. The number of amides is 3. The molecule has 1 saturated heterocycles. The number of amidine groups is 1. The number of nitrogens with one attached hydrogen (secondary N) is 1. The molecule has 0 bridgehead atoms. The maximum atomic E-state index is 12.5. The Hall–Kier alpha value is -3.29. The van der Waals surface area contributed by atoms with Crippen LogP contribution >= 0.6 is 0 Å². The van der Waals surface area contributed by atoms with Crippen LogP contribution in [0.2, 0.25) is 0 Å². The van der Waals surface area contributed by atoms with Gasteiger partial charge in [0.1, 0.15) is 0 Å². The molecule has 1 aromatic rings. The molecule has 8 nitrogen and oxygen atoms in total. The van der Waals surface area contributed by atoms with E-state index < -0.39 is 17.9 Å². The van der Waals surface area contributed by atoms with E-state index in [4.69, 9.17) is 0 Å². The summed E-state index contributed by atoms with van der Waals surface area (Å²) in [5, 5.41) is 0. The second-order valence-corrected chi connectivity index (χ2v) is 5.61. The van der Waals surface area contributed by atoms with E-state index in [1.54, 1.807) is 43.6 Å². The van der Waals surface area contributed by atoms with Crippen molar-refractivity contribution in [2.45, 2.75) is 0 Å². The minimum Gasteiger partial charge on any atom is -0.465 e. The molecule has 3 rings (SSSR count). The number of benzene rings is 1. The quantitative estimate of drug-likeness (QED) is 0.747. The number of allylic oxidation sites excluding steroid dienone is 1. The minimum atomic E-state index is -0.682. The summed E-state index contributed by atoms with van der Waals surface area (Å²) >= 11 is 0. The third-order valence-electron chi connectivity index (χ3n) is 4.11. The third kappa shape index (κ3) is 2.82. The monoisotopic (exact) mass is 341 g/mol. The van der Waals surface area contributed by atoms with Crippen LogP contribution in [-0.2, 0) is 9.53 Å². The zero-order valence-corrected chi connectivity index (χ0v) is 14.0. The molecule has 8 heteroatoms. The van der Waals surface area contributed by atoms with E-state index in [0.717, 1.165) is 4.90 Å². The van der Waals surface area contributed by atoms with Gasteiger partial charge in [-0.1, -0.05) is 0 Å². The van der Waals surface area contributed by atoms with Gasteiger partial charge in [0.2, 0.25) is 0 Å². The van der Waals surface area contributed by atoms with Crippen LogP contribution in [0.4, 0.5) is 10.5 Å². The smallest absolute Gasteiger partial charge is 0.417 e. The molecule has 0 aromatic heterocycles. The van der Waals surface area contributed by atoms with Gasteiger partial charge in [-0.25, -0.2) is 19.5 Å². The highest BCUT2D eigenvalue weighted by Crippen LogP contribution is 2.21. The predicted octanol–water partition coefficient (Wildman–Crippen LogP) is -0.308. The van der Waals surface area contributed by atoms with Gasteiger partial charge >= 0.3 is 12.0 Å². The number of aliphatic imine (C=N–C) groups is 1. The normalized spacial score (nSPS) is 21.3. The molecule has 1 fully saturated rings. The lowest BCUT2D eigenvalue weighted by atomic mass is 9.95. The molecule has 0 spiro atoms. The van der Waals surface area contributed by atoms with Gasteiger partial charge in [0.05, 0.1) is 37.3 Å². The van der Waals surface area contributed by atoms with Gasteiger partial charge in [-0.3, -0.25) is 9.79 Å². The number of methoxy groups -OCH3 is 1. The number of urea groups is 1. The fraction of sp³-hybridized carbons (Fsp3) is 0.235. The van der Waals surface area contributed by atoms with Crippen LogP contribution in [0, 0.1) is 5.92 Å². The Morgan fingerprint density at radius 2 is 1.84 bits per heavy atom. The van der Waals surface area contributed by atoms with Crippen molar-refractivity contribution < 1.29 is 24.1 Å². The van der Waals surface area contributed by atoms with Crippen LogP contribution in [0.15, 0.2) is 41.5 Å². The molecule has 2 aliphatic heterocycles. The van der Waals surface area contributed by atoms with Gasteiger partial charge < -0.3 is 4.74 Å². The van der Waals surface area contributed by atoms with Crippen molar-refractivity contribution in [2.75, 3.05) is 21.2 Å². The van der Waals surface area contributed by atoms with Gasteiger partial charge in [-0.2, -0.15) is 4.90 Å². The lowest BCUT2D eigenvalue weighted by molar-refractivity contribution is -0.382. The number of hydrogen-bond donors (Lipinski definition) is 1. The fourth-order valence-corrected chi connectivity index (χ4v) is 2.72. The van der Waals surface area contributed by atoms with Crippen LogP contribution in [0.5, 0.6) is 0 Å². The Kier molecular flexibility index (Phi) is 4.18. The number of hydrogen-bond acceptors (Lipinski definition) is 5. The summed E-state index contributed by atoms with van der Waals surface area (Å²) in [6.07, 6.45) is 3.33. The molecule has 0 radical (unpaired) electrons. The molecule has 2 aliphatic rings. The zero-order valence-electron chi connectivity index (χ0n) is 14.0. The van der Waals surface area contributed by atoms with Crippen molar-refractivity contribution >= 4 is 35.1 Å². The largest absolute Gasteiger partial charge is 0.465 e. The van der Waals surface area contributed by atoms with Crippen LogP contribution < -0.4 is 4.99 Å². The van der Waals surface area contributed by atoms with E-state index in [9.17, 15) is 14.4 Å². The van der Waals surface area contributed by atoms with Crippen molar-refractivity contribution in [3.63, 3.8) is 0 Å². The molecule has 1 atom stereocenters. The lowest BCUT2D eigenvalue weighted by Gasteiger charge is -2.31. The molecule has 1 aromatic carbocycles. The molecular weight excluding hydrogens is 324 g/mol. The van der Waals surface area contributed by atoms with E-state index in [-0.39, 0.29) is 5.91 Å². The molecule has 0 aliphatic carbocycles. The van der Waals surface area contributed by atoms with Crippen molar-refractivity contribution in [1.82, 2.24) is 9.80 Å². The van der Waals surface area contributed by atoms with Crippen molar-refractivity contribution in [2.24, 2.45) is 10.9 Å². The van der Waals surface area contributed by atoms with Crippen LogP contribution in [0.25, 0.3) is 0 Å². The first-order chi connectivity index (χ1) is 11.9. The lowest BCUT2D eigenvalue weighted by Crippen LogP contribution is -2.79. The molecule has 25 heavy (non-hydrogen) atoms. The zero-order chi connectivity index (χ0) is 18.1. The molecule has 2 heterocycles. The summed E-state index contributed by atoms with van der Waals surface area (Å²) in [6, 6.07) is 6.14.